The molecule has 1 amide bonds. The van der Waals surface area contributed by atoms with Crippen molar-refractivity contribution in [3.63, 3.8) is 0 Å². The van der Waals surface area contributed by atoms with Gasteiger partial charge in [0.1, 0.15) is 0 Å². The van der Waals surface area contributed by atoms with Crippen LogP contribution in [0.1, 0.15) is 37.8 Å². The van der Waals surface area contributed by atoms with Crippen LogP contribution >= 0.6 is 0 Å². The van der Waals surface area contributed by atoms with Crippen LogP contribution in [0.25, 0.3) is 0 Å². The van der Waals surface area contributed by atoms with Gasteiger partial charge in [0.15, 0.2) is 0 Å². The van der Waals surface area contributed by atoms with E-state index < -0.39 is 11.7 Å². The molecule has 0 aromatic heterocycles. The molecule has 0 spiro atoms. The molecule has 0 unspecified atom stereocenters. The van der Waals surface area contributed by atoms with Crippen molar-refractivity contribution in [3.05, 3.63) is 35.4 Å². The number of amides is 1. The van der Waals surface area contributed by atoms with Crippen LogP contribution in [-0.2, 0) is 17.5 Å². The van der Waals surface area contributed by atoms with Gasteiger partial charge in [0.25, 0.3) is 0 Å². The van der Waals surface area contributed by atoms with E-state index in [-0.39, 0.29) is 24.9 Å². The fourth-order valence-corrected chi connectivity index (χ4v) is 2.23. The summed E-state index contributed by atoms with van der Waals surface area (Å²) < 4.78 is 37.4. The molecule has 1 atom stereocenters. The number of nitrogens with zero attached hydrogens (tertiary/aromatic N) is 1. The van der Waals surface area contributed by atoms with Crippen LogP contribution in [0.3, 0.4) is 0 Å². The minimum Gasteiger partial charge on any atom is -0.341 e. The first-order chi connectivity index (χ1) is 10.1. The van der Waals surface area contributed by atoms with Crippen LogP contribution in [0.2, 0.25) is 0 Å². The normalized spacial score (nSPS) is 13.3. The van der Waals surface area contributed by atoms with Gasteiger partial charge in [-0.1, -0.05) is 26.0 Å². The summed E-state index contributed by atoms with van der Waals surface area (Å²) in [5.74, 6) is 0.316. The van der Waals surface area contributed by atoms with E-state index in [0.717, 1.165) is 18.6 Å². The number of halogens is 3. The summed E-state index contributed by atoms with van der Waals surface area (Å²) in [5, 5.41) is 0. The maximum Gasteiger partial charge on any atom is 0.416 e. The van der Waals surface area contributed by atoms with E-state index in [1.807, 2.05) is 13.8 Å². The Morgan fingerprint density at radius 2 is 1.77 bits per heavy atom. The molecule has 0 fully saturated rings. The Balaban J connectivity index is 2.57. The second-order valence-electron chi connectivity index (χ2n) is 6.04. The molecule has 0 aliphatic rings. The molecule has 0 radical (unpaired) electrons. The van der Waals surface area contributed by atoms with Crippen molar-refractivity contribution < 1.29 is 18.0 Å². The van der Waals surface area contributed by atoms with Crippen LogP contribution in [0.5, 0.6) is 0 Å². The zero-order valence-corrected chi connectivity index (χ0v) is 13.2. The van der Waals surface area contributed by atoms with Gasteiger partial charge >= 0.3 is 6.18 Å². The highest BCUT2D eigenvalue weighted by atomic mass is 19.4. The second-order valence-corrected chi connectivity index (χ2v) is 6.04. The smallest absolute Gasteiger partial charge is 0.341 e. The first-order valence-corrected chi connectivity index (χ1v) is 7.25. The zero-order chi connectivity index (χ0) is 16.9. The number of carbonyl (C=O) groups excluding carboxylic acids is 1. The van der Waals surface area contributed by atoms with Crippen molar-refractivity contribution in [2.75, 3.05) is 7.05 Å². The third kappa shape index (κ3) is 6.05. The molecule has 2 N–H and O–H groups in total. The van der Waals surface area contributed by atoms with Crippen molar-refractivity contribution >= 4 is 5.91 Å². The quantitative estimate of drug-likeness (QED) is 0.874. The Morgan fingerprint density at radius 1 is 1.23 bits per heavy atom. The predicted molar refractivity (Wildman–Crippen MR) is 80.0 cm³/mol. The third-order valence-corrected chi connectivity index (χ3v) is 3.34. The maximum atomic E-state index is 12.5. The van der Waals surface area contributed by atoms with Crippen LogP contribution in [0.4, 0.5) is 13.2 Å². The van der Waals surface area contributed by atoms with Gasteiger partial charge in [-0.25, -0.2) is 0 Å². The van der Waals surface area contributed by atoms with Gasteiger partial charge in [0.05, 0.1) is 5.56 Å². The van der Waals surface area contributed by atoms with Crippen molar-refractivity contribution in [2.45, 2.75) is 45.5 Å². The molecule has 3 nitrogen and oxygen atoms in total. The number of rotatable bonds is 6. The molecule has 0 saturated carbocycles. The number of benzene rings is 1. The average Bonchev–Trinajstić information content (AvgIpc) is 2.36. The van der Waals surface area contributed by atoms with E-state index in [0.29, 0.717) is 11.5 Å². The average molecular weight is 316 g/mol. The summed E-state index contributed by atoms with van der Waals surface area (Å²) in [6.07, 6.45) is -3.33. The summed E-state index contributed by atoms with van der Waals surface area (Å²) >= 11 is 0. The summed E-state index contributed by atoms with van der Waals surface area (Å²) in [6.45, 7) is 4.35. The van der Waals surface area contributed by atoms with Crippen molar-refractivity contribution in [3.8, 4) is 0 Å². The van der Waals surface area contributed by atoms with Crippen molar-refractivity contribution in [1.82, 2.24) is 4.90 Å². The summed E-state index contributed by atoms with van der Waals surface area (Å²) in [6, 6.07) is 4.64. The molecule has 124 valence electrons. The fraction of sp³-hybridized carbons (Fsp3) is 0.562. The number of alkyl halides is 3. The number of nitrogens with two attached hydrogens (primary N) is 1. The minimum absolute atomic E-state index is 0.104. The van der Waals surface area contributed by atoms with Gasteiger partial charge in [-0.3, -0.25) is 4.79 Å². The Bertz CT molecular complexity index is 483. The van der Waals surface area contributed by atoms with E-state index in [4.69, 9.17) is 5.73 Å². The first kappa shape index (κ1) is 18.5. The van der Waals surface area contributed by atoms with Crippen LogP contribution in [-0.4, -0.2) is 23.9 Å². The molecule has 6 heteroatoms. The largest absolute Gasteiger partial charge is 0.416 e. The van der Waals surface area contributed by atoms with Crippen LogP contribution < -0.4 is 5.73 Å². The van der Waals surface area contributed by atoms with Gasteiger partial charge < -0.3 is 10.6 Å². The van der Waals surface area contributed by atoms with E-state index in [2.05, 4.69) is 0 Å². The highest BCUT2D eigenvalue weighted by Crippen LogP contribution is 2.29. The highest BCUT2D eigenvalue weighted by molar-refractivity contribution is 5.76. The third-order valence-electron chi connectivity index (χ3n) is 3.34. The van der Waals surface area contributed by atoms with Crippen LogP contribution in [0, 0.1) is 5.92 Å². The molecular formula is C16H23F3N2O. The van der Waals surface area contributed by atoms with Gasteiger partial charge in [0, 0.05) is 26.1 Å². The van der Waals surface area contributed by atoms with Gasteiger partial charge in [-0.05, 0) is 30.0 Å². The van der Waals surface area contributed by atoms with Crippen molar-refractivity contribution in [2.24, 2.45) is 11.7 Å². The standard InChI is InChI=1S/C16H23F3N2O/c1-11(2)8-14(20)9-15(22)21(3)10-12-4-6-13(7-5-12)16(17,18)19/h4-7,11,14H,8-10,20H2,1-3H3/t14-/m1/s1. The Morgan fingerprint density at radius 3 is 2.23 bits per heavy atom. The number of hydrogen-bond acceptors (Lipinski definition) is 2. The van der Waals surface area contributed by atoms with Gasteiger partial charge in [-0.2, -0.15) is 13.2 Å². The second kappa shape index (κ2) is 7.63. The van der Waals surface area contributed by atoms with E-state index in [9.17, 15) is 18.0 Å². The van der Waals surface area contributed by atoms with Gasteiger partial charge in [0.2, 0.25) is 5.91 Å². The monoisotopic (exact) mass is 316 g/mol. The Labute approximate surface area is 129 Å². The highest BCUT2D eigenvalue weighted by Gasteiger charge is 2.30. The fourth-order valence-electron chi connectivity index (χ4n) is 2.23. The molecule has 0 saturated heterocycles. The molecule has 1 aromatic rings. The SMILES string of the molecule is CC(C)C[C@@H](N)CC(=O)N(C)Cc1ccc(C(F)(F)F)cc1. The molecule has 0 aliphatic heterocycles. The number of carbonyl (C=O) groups is 1. The zero-order valence-electron chi connectivity index (χ0n) is 13.2. The topological polar surface area (TPSA) is 46.3 Å². The molecule has 0 aliphatic carbocycles. The van der Waals surface area contributed by atoms with E-state index >= 15 is 0 Å². The lowest BCUT2D eigenvalue weighted by molar-refractivity contribution is -0.137. The lowest BCUT2D eigenvalue weighted by atomic mass is 10.0. The summed E-state index contributed by atoms with van der Waals surface area (Å²) in [7, 11) is 1.63. The van der Waals surface area contributed by atoms with Crippen LogP contribution in [0.15, 0.2) is 24.3 Å². The first-order valence-electron chi connectivity index (χ1n) is 7.25. The minimum atomic E-state index is -4.34. The molecule has 1 aromatic carbocycles. The summed E-state index contributed by atoms with van der Waals surface area (Å²) in [5.41, 5.74) is 5.87. The van der Waals surface area contributed by atoms with E-state index in [1.165, 1.54) is 17.0 Å². The Kier molecular flexibility index (Phi) is 6.41. The van der Waals surface area contributed by atoms with Crippen molar-refractivity contribution in [1.29, 1.82) is 0 Å². The predicted octanol–water partition coefficient (Wildman–Crippen LogP) is 3.43. The van der Waals surface area contributed by atoms with Gasteiger partial charge in [-0.15, -0.1) is 0 Å². The molecule has 0 heterocycles. The van der Waals surface area contributed by atoms with E-state index in [1.54, 1.807) is 7.05 Å². The molecule has 0 bridgehead atoms. The number of hydrogen-bond donors (Lipinski definition) is 1. The lowest BCUT2D eigenvalue weighted by Gasteiger charge is -2.21. The lowest BCUT2D eigenvalue weighted by Crippen LogP contribution is -2.33. The molecular weight excluding hydrogens is 293 g/mol. The maximum absolute atomic E-state index is 12.5. The Hall–Kier alpha value is -1.56. The molecule has 22 heavy (non-hydrogen) atoms. The molecule has 1 rings (SSSR count). The summed E-state index contributed by atoms with van der Waals surface area (Å²) in [4.78, 5) is 13.5.